The summed E-state index contributed by atoms with van der Waals surface area (Å²) in [5, 5.41) is 21.3. The van der Waals surface area contributed by atoms with E-state index in [0.29, 0.717) is 5.56 Å². The second-order valence-electron chi connectivity index (χ2n) is 3.57. The third-order valence-corrected chi connectivity index (χ3v) is 2.09. The molecule has 0 spiro atoms. The molecule has 0 saturated carbocycles. The molecule has 15 heavy (non-hydrogen) atoms. The number of benzene rings is 1. The van der Waals surface area contributed by atoms with Crippen LogP contribution in [0.15, 0.2) is 18.2 Å². The fourth-order valence-corrected chi connectivity index (χ4v) is 1.22. The van der Waals surface area contributed by atoms with E-state index in [1.807, 2.05) is 13.8 Å². The van der Waals surface area contributed by atoms with E-state index in [2.05, 4.69) is 0 Å². The van der Waals surface area contributed by atoms with Gasteiger partial charge in [-0.25, -0.2) is 0 Å². The lowest BCUT2D eigenvalue weighted by atomic mass is 9.98. The quantitative estimate of drug-likeness (QED) is 0.670. The summed E-state index contributed by atoms with van der Waals surface area (Å²) in [6.45, 7) is 3.68. The Morgan fingerprint density at radius 2 is 1.40 bits per heavy atom. The molecule has 4 nitrogen and oxygen atoms in total. The van der Waals surface area contributed by atoms with Gasteiger partial charge in [0.25, 0.3) is 0 Å². The Morgan fingerprint density at radius 3 is 1.67 bits per heavy atom. The molecule has 0 amide bonds. The van der Waals surface area contributed by atoms with E-state index in [1.54, 1.807) is 0 Å². The standard InChI is InChI=1S/C11H12O4/c1-6(2)7-3-8(10(12)13)5-9(4-7)11(14)15/h3-6H,1-2H3,(H,12,13)(H,14,15)/p-2. The molecule has 0 atom stereocenters. The van der Waals surface area contributed by atoms with Crippen LogP contribution in [0.25, 0.3) is 0 Å². The van der Waals surface area contributed by atoms with E-state index in [-0.39, 0.29) is 17.0 Å². The number of aromatic carboxylic acids is 2. The Balaban J connectivity index is 3.32. The molecule has 4 heteroatoms. The third-order valence-electron chi connectivity index (χ3n) is 2.09. The normalized spacial score (nSPS) is 10.3. The lowest BCUT2D eigenvalue weighted by molar-refractivity contribution is -0.255. The van der Waals surface area contributed by atoms with E-state index in [1.165, 1.54) is 12.1 Å². The maximum absolute atomic E-state index is 10.6. The Morgan fingerprint density at radius 1 is 1.00 bits per heavy atom. The van der Waals surface area contributed by atoms with Crippen molar-refractivity contribution >= 4 is 11.9 Å². The highest BCUT2D eigenvalue weighted by molar-refractivity contribution is 5.92. The summed E-state index contributed by atoms with van der Waals surface area (Å²) >= 11 is 0. The van der Waals surface area contributed by atoms with Crippen LogP contribution in [0.2, 0.25) is 0 Å². The maximum Gasteiger partial charge on any atom is 0.0715 e. The highest BCUT2D eigenvalue weighted by atomic mass is 16.4. The first-order chi connectivity index (χ1) is 6.91. The van der Waals surface area contributed by atoms with Crippen LogP contribution >= 0.6 is 0 Å². The molecule has 0 N–H and O–H groups in total. The molecule has 0 saturated heterocycles. The van der Waals surface area contributed by atoms with Crippen LogP contribution in [-0.4, -0.2) is 11.9 Å². The maximum atomic E-state index is 10.6. The average molecular weight is 206 g/mol. The van der Waals surface area contributed by atoms with Gasteiger partial charge in [0.05, 0.1) is 11.9 Å². The summed E-state index contributed by atoms with van der Waals surface area (Å²) in [4.78, 5) is 21.3. The minimum Gasteiger partial charge on any atom is -0.545 e. The van der Waals surface area contributed by atoms with Gasteiger partial charge in [0, 0.05) is 0 Å². The van der Waals surface area contributed by atoms with Crippen LogP contribution in [0.5, 0.6) is 0 Å². The summed E-state index contributed by atoms with van der Waals surface area (Å²) in [7, 11) is 0. The molecule has 0 unspecified atom stereocenters. The second-order valence-corrected chi connectivity index (χ2v) is 3.57. The third kappa shape index (κ3) is 2.56. The van der Waals surface area contributed by atoms with Crippen molar-refractivity contribution in [3.8, 4) is 0 Å². The highest BCUT2D eigenvalue weighted by Crippen LogP contribution is 2.18. The second kappa shape index (κ2) is 4.13. The minimum absolute atomic E-state index is 0.0439. The number of hydrogen-bond acceptors (Lipinski definition) is 4. The van der Waals surface area contributed by atoms with Crippen molar-refractivity contribution < 1.29 is 19.8 Å². The summed E-state index contributed by atoms with van der Waals surface area (Å²) < 4.78 is 0. The van der Waals surface area contributed by atoms with Gasteiger partial charge in [-0.2, -0.15) is 0 Å². The molecule has 0 heterocycles. The first-order valence-electron chi connectivity index (χ1n) is 4.49. The van der Waals surface area contributed by atoms with Crippen molar-refractivity contribution in [2.24, 2.45) is 0 Å². The predicted octanol–water partition coefficient (Wildman–Crippen LogP) is -0.463. The first kappa shape index (κ1) is 11.2. The van der Waals surface area contributed by atoms with Gasteiger partial charge in [0.2, 0.25) is 0 Å². The monoisotopic (exact) mass is 206 g/mol. The topological polar surface area (TPSA) is 80.3 Å². The van der Waals surface area contributed by atoms with Crippen molar-refractivity contribution in [3.05, 3.63) is 34.9 Å². The van der Waals surface area contributed by atoms with Crippen LogP contribution in [-0.2, 0) is 0 Å². The highest BCUT2D eigenvalue weighted by Gasteiger charge is 2.05. The molecule has 0 aliphatic heterocycles. The number of carboxylic acid groups (broad SMARTS) is 2. The van der Waals surface area contributed by atoms with Gasteiger partial charge in [-0.05, 0) is 40.8 Å². The minimum atomic E-state index is -1.39. The molecule has 1 rings (SSSR count). The largest absolute Gasteiger partial charge is 0.545 e. The molecular formula is C11H10O4-2. The van der Waals surface area contributed by atoms with Gasteiger partial charge in [0.1, 0.15) is 0 Å². The molecule has 0 radical (unpaired) electrons. The van der Waals surface area contributed by atoms with Crippen molar-refractivity contribution in [3.63, 3.8) is 0 Å². The lowest BCUT2D eigenvalue weighted by Gasteiger charge is -2.13. The zero-order chi connectivity index (χ0) is 11.6. The molecule has 0 fully saturated rings. The Labute approximate surface area is 87.2 Å². The Bertz CT molecular complexity index is 375. The first-order valence-corrected chi connectivity index (χ1v) is 4.49. The van der Waals surface area contributed by atoms with Gasteiger partial charge in [-0.3, -0.25) is 0 Å². The number of carboxylic acids is 2. The van der Waals surface area contributed by atoms with Crippen LogP contribution in [0, 0.1) is 0 Å². The van der Waals surface area contributed by atoms with Crippen molar-refractivity contribution in [1.29, 1.82) is 0 Å². The molecule has 1 aromatic rings. The molecule has 0 aromatic heterocycles. The SMILES string of the molecule is CC(C)c1cc(C(=O)[O-])cc(C(=O)[O-])c1. The predicted molar refractivity (Wildman–Crippen MR) is 49.2 cm³/mol. The molecule has 80 valence electrons. The average Bonchev–Trinajstić information content (AvgIpc) is 2.16. The van der Waals surface area contributed by atoms with Crippen LogP contribution < -0.4 is 10.2 Å². The molecule has 0 aliphatic rings. The van der Waals surface area contributed by atoms with E-state index in [0.717, 1.165) is 6.07 Å². The van der Waals surface area contributed by atoms with Gasteiger partial charge >= 0.3 is 0 Å². The number of rotatable bonds is 3. The van der Waals surface area contributed by atoms with Gasteiger partial charge in [-0.15, -0.1) is 0 Å². The summed E-state index contributed by atoms with van der Waals surface area (Å²) in [5.41, 5.74) is 0.358. The fourth-order valence-electron chi connectivity index (χ4n) is 1.22. The Kier molecular flexibility index (Phi) is 3.09. The zero-order valence-electron chi connectivity index (χ0n) is 8.44. The number of hydrogen-bond donors (Lipinski definition) is 0. The molecule has 0 bridgehead atoms. The zero-order valence-corrected chi connectivity index (χ0v) is 8.44. The summed E-state index contributed by atoms with van der Waals surface area (Å²) in [6.07, 6.45) is 0. The van der Waals surface area contributed by atoms with E-state index >= 15 is 0 Å². The van der Waals surface area contributed by atoms with Crippen molar-refractivity contribution in [2.75, 3.05) is 0 Å². The van der Waals surface area contributed by atoms with E-state index in [4.69, 9.17) is 0 Å². The van der Waals surface area contributed by atoms with Crippen molar-refractivity contribution in [2.45, 2.75) is 19.8 Å². The molecule has 1 aromatic carbocycles. The number of carbonyl (C=O) groups excluding carboxylic acids is 2. The van der Waals surface area contributed by atoms with E-state index < -0.39 is 11.9 Å². The lowest BCUT2D eigenvalue weighted by Crippen LogP contribution is -2.26. The van der Waals surface area contributed by atoms with Gasteiger partial charge < -0.3 is 19.8 Å². The van der Waals surface area contributed by atoms with Crippen LogP contribution in [0.1, 0.15) is 46.0 Å². The fraction of sp³-hybridized carbons (Fsp3) is 0.273. The smallest absolute Gasteiger partial charge is 0.0715 e. The molecular weight excluding hydrogens is 196 g/mol. The summed E-state index contributed by atoms with van der Waals surface area (Å²) in [6, 6.07) is 3.86. The van der Waals surface area contributed by atoms with Crippen LogP contribution in [0.4, 0.5) is 0 Å². The van der Waals surface area contributed by atoms with Crippen LogP contribution in [0.3, 0.4) is 0 Å². The Hall–Kier alpha value is -1.84. The van der Waals surface area contributed by atoms with E-state index in [9.17, 15) is 19.8 Å². The van der Waals surface area contributed by atoms with Gasteiger partial charge in [0.15, 0.2) is 0 Å². The van der Waals surface area contributed by atoms with Gasteiger partial charge in [-0.1, -0.05) is 13.8 Å². The van der Waals surface area contributed by atoms with Crippen molar-refractivity contribution in [1.82, 2.24) is 0 Å². The molecule has 0 aliphatic carbocycles. The number of carbonyl (C=O) groups is 2. The summed E-state index contributed by atoms with van der Waals surface area (Å²) in [5.74, 6) is -2.73.